The first-order chi connectivity index (χ1) is 8.72. The number of nitrogens with zero attached hydrogens (tertiary/aromatic N) is 1. The number of hydrogen-bond donors (Lipinski definition) is 1. The molecule has 2 aromatic rings. The quantitative estimate of drug-likeness (QED) is 0.837. The van der Waals surface area contributed by atoms with Crippen LogP contribution in [0.5, 0.6) is 0 Å². The zero-order valence-electron chi connectivity index (χ0n) is 10.5. The van der Waals surface area contributed by atoms with E-state index in [1.807, 2.05) is 25.2 Å². The molecule has 1 amide bonds. The van der Waals surface area contributed by atoms with Crippen molar-refractivity contribution in [1.82, 2.24) is 4.90 Å². The highest BCUT2D eigenvalue weighted by atomic mass is 32.1. The van der Waals surface area contributed by atoms with Gasteiger partial charge in [0.1, 0.15) is 0 Å². The Hall–Kier alpha value is -1.48. The first-order valence-corrected chi connectivity index (χ1v) is 6.67. The number of amides is 1. The van der Waals surface area contributed by atoms with E-state index in [2.05, 4.69) is 36.9 Å². The van der Waals surface area contributed by atoms with Crippen LogP contribution >= 0.6 is 12.6 Å². The molecule has 0 aromatic heterocycles. The third-order valence-electron chi connectivity index (χ3n) is 3.04. The molecule has 0 N–H and O–H groups in total. The Morgan fingerprint density at radius 3 is 2.67 bits per heavy atom. The number of fused-ring (bicyclic) bond motifs is 1. The normalized spacial score (nSPS) is 10.6. The molecule has 0 spiro atoms. The SMILES string of the molecule is CN(Cc1cccc2ccccc12)C(=O)CCS. The van der Waals surface area contributed by atoms with E-state index in [4.69, 9.17) is 0 Å². The van der Waals surface area contributed by atoms with Gasteiger partial charge in [0, 0.05) is 20.0 Å². The third kappa shape index (κ3) is 2.85. The molecule has 0 bridgehead atoms. The molecule has 0 unspecified atom stereocenters. The molecule has 2 aromatic carbocycles. The molecule has 0 aliphatic rings. The smallest absolute Gasteiger partial charge is 0.223 e. The van der Waals surface area contributed by atoms with Crippen LogP contribution in [-0.4, -0.2) is 23.6 Å². The molecule has 18 heavy (non-hydrogen) atoms. The van der Waals surface area contributed by atoms with E-state index in [0.717, 1.165) is 0 Å². The van der Waals surface area contributed by atoms with Crippen LogP contribution in [0.4, 0.5) is 0 Å². The Bertz CT molecular complexity index is 548. The molecule has 0 saturated heterocycles. The average molecular weight is 259 g/mol. The molecular formula is C15H17NOS. The number of rotatable bonds is 4. The van der Waals surface area contributed by atoms with Gasteiger partial charge in [-0.2, -0.15) is 12.6 Å². The fourth-order valence-corrected chi connectivity index (χ4v) is 2.25. The number of benzene rings is 2. The van der Waals surface area contributed by atoms with Crippen LogP contribution in [0, 0.1) is 0 Å². The van der Waals surface area contributed by atoms with Crippen molar-refractivity contribution in [3.63, 3.8) is 0 Å². The van der Waals surface area contributed by atoms with Crippen molar-refractivity contribution in [3.8, 4) is 0 Å². The van der Waals surface area contributed by atoms with E-state index >= 15 is 0 Å². The maximum atomic E-state index is 11.8. The maximum Gasteiger partial charge on any atom is 0.223 e. The first-order valence-electron chi connectivity index (χ1n) is 6.04. The summed E-state index contributed by atoms with van der Waals surface area (Å²) in [6.07, 6.45) is 0.490. The lowest BCUT2D eigenvalue weighted by atomic mass is 10.0. The predicted molar refractivity (Wildman–Crippen MR) is 78.9 cm³/mol. The van der Waals surface area contributed by atoms with Gasteiger partial charge in [-0.05, 0) is 22.1 Å². The Balaban J connectivity index is 2.24. The standard InChI is InChI=1S/C15H17NOS/c1-16(15(17)9-10-18)11-13-7-4-6-12-5-2-3-8-14(12)13/h2-8,18H,9-11H2,1H3. The monoisotopic (exact) mass is 259 g/mol. The second kappa shape index (κ2) is 5.91. The van der Waals surface area contributed by atoms with Crippen LogP contribution in [0.1, 0.15) is 12.0 Å². The molecule has 0 saturated carbocycles. The van der Waals surface area contributed by atoms with Crippen molar-refractivity contribution < 1.29 is 4.79 Å². The summed E-state index contributed by atoms with van der Waals surface area (Å²) in [7, 11) is 1.84. The van der Waals surface area contributed by atoms with Crippen molar-refractivity contribution in [2.24, 2.45) is 0 Å². The van der Waals surface area contributed by atoms with Crippen molar-refractivity contribution in [3.05, 3.63) is 48.0 Å². The van der Waals surface area contributed by atoms with E-state index in [0.29, 0.717) is 18.7 Å². The molecule has 2 nitrogen and oxygen atoms in total. The predicted octanol–water partition coefficient (Wildman–Crippen LogP) is 3.12. The minimum Gasteiger partial charge on any atom is -0.341 e. The largest absolute Gasteiger partial charge is 0.341 e. The van der Waals surface area contributed by atoms with Crippen LogP contribution in [0.25, 0.3) is 10.8 Å². The van der Waals surface area contributed by atoms with Gasteiger partial charge in [-0.15, -0.1) is 0 Å². The third-order valence-corrected chi connectivity index (χ3v) is 3.26. The van der Waals surface area contributed by atoms with Gasteiger partial charge in [0.15, 0.2) is 0 Å². The molecular weight excluding hydrogens is 242 g/mol. The van der Waals surface area contributed by atoms with Crippen molar-refractivity contribution >= 4 is 29.3 Å². The number of hydrogen-bond acceptors (Lipinski definition) is 2. The van der Waals surface area contributed by atoms with Crippen molar-refractivity contribution in [1.29, 1.82) is 0 Å². The maximum absolute atomic E-state index is 11.8. The van der Waals surface area contributed by atoms with Crippen LogP contribution in [-0.2, 0) is 11.3 Å². The Labute approximate surface area is 113 Å². The topological polar surface area (TPSA) is 20.3 Å². The second-order valence-corrected chi connectivity index (χ2v) is 4.81. The zero-order chi connectivity index (χ0) is 13.0. The van der Waals surface area contributed by atoms with Crippen LogP contribution in [0.3, 0.4) is 0 Å². The van der Waals surface area contributed by atoms with E-state index in [9.17, 15) is 4.79 Å². The highest BCUT2D eigenvalue weighted by Gasteiger charge is 2.09. The molecule has 0 aliphatic carbocycles. The van der Waals surface area contributed by atoms with Gasteiger partial charge in [-0.1, -0.05) is 42.5 Å². The zero-order valence-corrected chi connectivity index (χ0v) is 11.4. The van der Waals surface area contributed by atoms with Crippen LogP contribution in [0.2, 0.25) is 0 Å². The van der Waals surface area contributed by atoms with E-state index in [1.54, 1.807) is 4.90 Å². The Morgan fingerprint density at radius 2 is 1.89 bits per heavy atom. The highest BCUT2D eigenvalue weighted by molar-refractivity contribution is 7.80. The summed E-state index contributed by atoms with van der Waals surface area (Å²) in [5.74, 6) is 0.733. The summed E-state index contributed by atoms with van der Waals surface area (Å²) < 4.78 is 0. The number of thiol groups is 1. The molecule has 0 radical (unpaired) electrons. The summed E-state index contributed by atoms with van der Waals surface area (Å²) in [6, 6.07) is 14.5. The summed E-state index contributed by atoms with van der Waals surface area (Å²) >= 11 is 4.09. The first kappa shape index (κ1) is 13.0. The molecule has 0 atom stereocenters. The fraction of sp³-hybridized carbons (Fsp3) is 0.267. The number of carbonyl (C=O) groups is 1. The minimum absolute atomic E-state index is 0.137. The lowest BCUT2D eigenvalue weighted by molar-refractivity contribution is -0.129. The Morgan fingerprint density at radius 1 is 1.17 bits per heavy atom. The Kier molecular flexibility index (Phi) is 4.26. The summed E-state index contributed by atoms with van der Waals surface area (Å²) in [6.45, 7) is 0.647. The van der Waals surface area contributed by atoms with Gasteiger partial charge in [0.25, 0.3) is 0 Å². The average Bonchev–Trinajstić information content (AvgIpc) is 2.39. The van der Waals surface area contributed by atoms with Crippen LogP contribution < -0.4 is 0 Å². The van der Waals surface area contributed by atoms with E-state index in [-0.39, 0.29) is 5.91 Å². The van der Waals surface area contributed by atoms with Gasteiger partial charge in [-0.25, -0.2) is 0 Å². The minimum atomic E-state index is 0.137. The molecule has 0 fully saturated rings. The summed E-state index contributed by atoms with van der Waals surface area (Å²) in [5.41, 5.74) is 1.18. The summed E-state index contributed by atoms with van der Waals surface area (Å²) in [5, 5.41) is 2.43. The van der Waals surface area contributed by atoms with Gasteiger partial charge in [0.05, 0.1) is 0 Å². The number of carbonyl (C=O) groups excluding carboxylic acids is 1. The fourth-order valence-electron chi connectivity index (χ4n) is 2.06. The lowest BCUT2D eigenvalue weighted by Crippen LogP contribution is -2.26. The molecule has 2 rings (SSSR count). The van der Waals surface area contributed by atoms with Gasteiger partial charge in [0.2, 0.25) is 5.91 Å². The highest BCUT2D eigenvalue weighted by Crippen LogP contribution is 2.19. The molecule has 3 heteroatoms. The lowest BCUT2D eigenvalue weighted by Gasteiger charge is -2.18. The van der Waals surface area contributed by atoms with Gasteiger partial charge in [-0.3, -0.25) is 4.79 Å². The van der Waals surface area contributed by atoms with E-state index in [1.165, 1.54) is 16.3 Å². The molecule has 0 aliphatic heterocycles. The molecule has 0 heterocycles. The molecule has 94 valence electrons. The van der Waals surface area contributed by atoms with Gasteiger partial charge >= 0.3 is 0 Å². The van der Waals surface area contributed by atoms with Crippen LogP contribution in [0.15, 0.2) is 42.5 Å². The van der Waals surface area contributed by atoms with Gasteiger partial charge < -0.3 is 4.90 Å². The second-order valence-electron chi connectivity index (χ2n) is 4.36. The van der Waals surface area contributed by atoms with Crippen molar-refractivity contribution in [2.45, 2.75) is 13.0 Å². The summed E-state index contributed by atoms with van der Waals surface area (Å²) in [4.78, 5) is 13.5. The van der Waals surface area contributed by atoms with E-state index < -0.39 is 0 Å². The van der Waals surface area contributed by atoms with Crippen molar-refractivity contribution in [2.75, 3.05) is 12.8 Å².